The smallest absolute Gasteiger partial charge is 0.414 e. The van der Waals surface area contributed by atoms with Crippen LogP contribution in [-0.2, 0) is 14.3 Å². The van der Waals surface area contributed by atoms with Gasteiger partial charge in [0.15, 0.2) is 11.6 Å². The number of carbonyl (C=O) groups is 3. The zero-order valence-electron chi connectivity index (χ0n) is 17.6. The number of amides is 3. The molecule has 11 heteroatoms. The minimum atomic E-state index is -0.671. The second-order valence-electron chi connectivity index (χ2n) is 7.96. The highest BCUT2D eigenvalue weighted by atomic mass is 19.1. The van der Waals surface area contributed by atoms with E-state index in [-0.39, 0.29) is 30.5 Å². The van der Waals surface area contributed by atoms with Gasteiger partial charge >= 0.3 is 12.2 Å². The van der Waals surface area contributed by atoms with Crippen LogP contribution in [0.15, 0.2) is 30.5 Å². The average molecular weight is 433 g/mol. The quantitative estimate of drug-likeness (QED) is 0.749. The van der Waals surface area contributed by atoms with Crippen LogP contribution in [0.1, 0.15) is 27.7 Å². The first kappa shape index (κ1) is 22.1. The van der Waals surface area contributed by atoms with E-state index in [2.05, 4.69) is 15.7 Å². The Morgan fingerprint density at radius 2 is 2.06 bits per heavy atom. The number of nitrogens with one attached hydrogen (secondary N) is 2. The summed E-state index contributed by atoms with van der Waals surface area (Å²) >= 11 is 0. The van der Waals surface area contributed by atoms with Gasteiger partial charge in [-0.05, 0) is 39.0 Å². The van der Waals surface area contributed by atoms with Crippen LogP contribution < -0.4 is 15.5 Å². The third-order valence-corrected chi connectivity index (χ3v) is 4.16. The molecule has 0 aliphatic carbocycles. The molecule has 3 amide bonds. The Hall–Kier alpha value is -3.63. The van der Waals surface area contributed by atoms with Crippen LogP contribution >= 0.6 is 0 Å². The van der Waals surface area contributed by atoms with E-state index in [0.29, 0.717) is 5.69 Å². The minimum Gasteiger partial charge on any atom is -0.444 e. The average Bonchev–Trinajstić information content (AvgIpc) is 3.24. The van der Waals surface area contributed by atoms with Gasteiger partial charge in [0.05, 0.1) is 18.8 Å². The molecule has 1 atom stereocenters. The SMILES string of the molecule is CC(=O)NC[C@H]1CN(c2ccc(-n3ccc(NC(=O)OC(C)(C)C)n3)c(F)c2)C(=O)O1. The summed E-state index contributed by atoms with van der Waals surface area (Å²) in [6, 6.07) is 5.72. The van der Waals surface area contributed by atoms with Gasteiger partial charge in [-0.1, -0.05) is 0 Å². The van der Waals surface area contributed by atoms with E-state index < -0.39 is 29.7 Å². The molecular formula is C20H24FN5O5. The highest BCUT2D eigenvalue weighted by Gasteiger charge is 2.32. The zero-order chi connectivity index (χ0) is 22.8. The van der Waals surface area contributed by atoms with Crippen LogP contribution in [0.2, 0.25) is 0 Å². The minimum absolute atomic E-state index is 0.128. The van der Waals surface area contributed by atoms with Crippen LogP contribution in [-0.4, -0.2) is 52.7 Å². The Labute approximate surface area is 178 Å². The van der Waals surface area contributed by atoms with Gasteiger partial charge in [0.25, 0.3) is 0 Å². The number of rotatable bonds is 5. The number of carbonyl (C=O) groups excluding carboxylic acids is 3. The van der Waals surface area contributed by atoms with Crippen molar-refractivity contribution < 1.29 is 28.2 Å². The van der Waals surface area contributed by atoms with Crippen molar-refractivity contribution in [3.05, 3.63) is 36.3 Å². The first-order chi connectivity index (χ1) is 14.5. The molecule has 0 saturated carbocycles. The van der Waals surface area contributed by atoms with Gasteiger partial charge in [0, 0.05) is 19.2 Å². The molecular weight excluding hydrogens is 409 g/mol. The lowest BCUT2D eigenvalue weighted by Gasteiger charge is -2.19. The summed E-state index contributed by atoms with van der Waals surface area (Å²) in [6.07, 6.45) is -0.328. The van der Waals surface area contributed by atoms with Gasteiger partial charge in [-0.2, -0.15) is 0 Å². The highest BCUT2D eigenvalue weighted by molar-refractivity contribution is 5.90. The normalized spacial score (nSPS) is 16.1. The molecule has 1 aromatic carbocycles. The second-order valence-corrected chi connectivity index (χ2v) is 7.96. The van der Waals surface area contributed by atoms with Gasteiger partial charge in [-0.15, -0.1) is 5.10 Å². The second kappa shape index (κ2) is 8.62. The monoisotopic (exact) mass is 433 g/mol. The molecule has 3 rings (SSSR count). The van der Waals surface area contributed by atoms with E-state index in [4.69, 9.17) is 9.47 Å². The number of halogens is 1. The molecule has 0 radical (unpaired) electrons. The number of aromatic nitrogens is 2. The van der Waals surface area contributed by atoms with Gasteiger partial charge < -0.3 is 14.8 Å². The Kier molecular flexibility index (Phi) is 6.14. The summed E-state index contributed by atoms with van der Waals surface area (Å²) in [7, 11) is 0. The van der Waals surface area contributed by atoms with Crippen LogP contribution in [0.5, 0.6) is 0 Å². The predicted molar refractivity (Wildman–Crippen MR) is 110 cm³/mol. The number of hydrogen-bond acceptors (Lipinski definition) is 6. The molecule has 1 aromatic heterocycles. The number of hydrogen-bond donors (Lipinski definition) is 2. The van der Waals surface area contributed by atoms with E-state index in [1.54, 1.807) is 26.8 Å². The summed E-state index contributed by atoms with van der Waals surface area (Å²) in [5, 5.41) is 9.19. The molecule has 0 spiro atoms. The Morgan fingerprint density at radius 3 is 2.71 bits per heavy atom. The number of anilines is 2. The summed E-state index contributed by atoms with van der Waals surface area (Å²) in [6.45, 7) is 6.94. The molecule has 1 fully saturated rings. The number of ether oxygens (including phenoxy) is 2. The molecule has 166 valence electrons. The van der Waals surface area contributed by atoms with Crippen LogP contribution in [0.3, 0.4) is 0 Å². The maximum absolute atomic E-state index is 14.8. The van der Waals surface area contributed by atoms with E-state index in [9.17, 15) is 18.8 Å². The summed E-state index contributed by atoms with van der Waals surface area (Å²) < 4.78 is 26.4. The summed E-state index contributed by atoms with van der Waals surface area (Å²) in [5.74, 6) is -0.658. The van der Waals surface area contributed by atoms with Gasteiger partial charge in [-0.25, -0.2) is 18.7 Å². The maximum Gasteiger partial charge on any atom is 0.414 e. The lowest BCUT2D eigenvalue weighted by molar-refractivity contribution is -0.119. The van der Waals surface area contributed by atoms with Crippen LogP contribution in [0, 0.1) is 5.82 Å². The Bertz CT molecular complexity index is 1000. The molecule has 0 bridgehead atoms. The first-order valence-corrected chi connectivity index (χ1v) is 9.60. The van der Waals surface area contributed by atoms with Crippen LogP contribution in [0.4, 0.5) is 25.5 Å². The van der Waals surface area contributed by atoms with Crippen LogP contribution in [0.25, 0.3) is 5.69 Å². The van der Waals surface area contributed by atoms with Crippen molar-refractivity contribution in [2.45, 2.75) is 39.4 Å². The third kappa shape index (κ3) is 5.71. The standard InChI is InChI=1S/C20H24FN5O5/c1-12(27)22-10-14-11-25(19(29)30-14)13-5-6-16(15(21)9-13)26-8-7-17(24-26)23-18(28)31-20(2,3)4/h5-9,14H,10-11H2,1-4H3,(H,22,27)(H,23,24,28)/t14-/m0/s1. The number of nitrogens with zero attached hydrogens (tertiary/aromatic N) is 3. The highest BCUT2D eigenvalue weighted by Crippen LogP contribution is 2.25. The van der Waals surface area contributed by atoms with Crippen molar-refractivity contribution in [1.82, 2.24) is 15.1 Å². The Balaban J connectivity index is 1.69. The molecule has 2 heterocycles. The van der Waals surface area contributed by atoms with E-state index in [1.807, 2.05) is 0 Å². The fraction of sp³-hybridized carbons (Fsp3) is 0.400. The van der Waals surface area contributed by atoms with Crippen molar-refractivity contribution in [3.8, 4) is 5.69 Å². The molecule has 0 unspecified atom stereocenters. The fourth-order valence-electron chi connectivity index (χ4n) is 2.88. The maximum atomic E-state index is 14.8. The van der Waals surface area contributed by atoms with E-state index in [0.717, 1.165) is 0 Å². The molecule has 2 N–H and O–H groups in total. The fourth-order valence-corrected chi connectivity index (χ4v) is 2.88. The molecule has 1 saturated heterocycles. The molecule has 1 aliphatic rings. The third-order valence-electron chi connectivity index (χ3n) is 4.16. The predicted octanol–water partition coefficient (Wildman–Crippen LogP) is 2.82. The van der Waals surface area contributed by atoms with Crippen molar-refractivity contribution in [2.24, 2.45) is 0 Å². The molecule has 10 nitrogen and oxygen atoms in total. The number of benzene rings is 1. The lowest BCUT2D eigenvalue weighted by atomic mass is 10.2. The van der Waals surface area contributed by atoms with E-state index in [1.165, 1.54) is 40.9 Å². The van der Waals surface area contributed by atoms with Crippen molar-refractivity contribution in [1.29, 1.82) is 0 Å². The Morgan fingerprint density at radius 1 is 1.32 bits per heavy atom. The van der Waals surface area contributed by atoms with Gasteiger partial charge in [0.2, 0.25) is 5.91 Å². The molecule has 2 aromatic rings. The molecule has 1 aliphatic heterocycles. The van der Waals surface area contributed by atoms with Crippen molar-refractivity contribution >= 4 is 29.6 Å². The summed E-state index contributed by atoms with van der Waals surface area (Å²) in [4.78, 5) is 36.3. The van der Waals surface area contributed by atoms with Gasteiger partial charge in [0.1, 0.15) is 17.4 Å². The first-order valence-electron chi connectivity index (χ1n) is 9.60. The van der Waals surface area contributed by atoms with Gasteiger partial charge in [-0.3, -0.25) is 15.0 Å². The van der Waals surface area contributed by atoms with Crippen molar-refractivity contribution in [3.63, 3.8) is 0 Å². The molecule has 31 heavy (non-hydrogen) atoms. The largest absolute Gasteiger partial charge is 0.444 e. The number of cyclic esters (lactones) is 1. The van der Waals surface area contributed by atoms with E-state index >= 15 is 0 Å². The summed E-state index contributed by atoms with van der Waals surface area (Å²) in [5.41, 5.74) is -0.217. The lowest BCUT2D eigenvalue weighted by Crippen LogP contribution is -2.33. The zero-order valence-corrected chi connectivity index (χ0v) is 17.6. The van der Waals surface area contributed by atoms with Crippen molar-refractivity contribution in [2.75, 3.05) is 23.3 Å². The topological polar surface area (TPSA) is 115 Å².